The maximum atomic E-state index is 12.5. The van der Waals surface area contributed by atoms with E-state index in [-0.39, 0.29) is 34.5 Å². The van der Waals surface area contributed by atoms with Gasteiger partial charge in [-0.2, -0.15) is 0 Å². The van der Waals surface area contributed by atoms with E-state index in [1.807, 2.05) is 18.3 Å². The van der Waals surface area contributed by atoms with Crippen LogP contribution in [0.2, 0.25) is 5.15 Å². The fourth-order valence-corrected chi connectivity index (χ4v) is 4.57. The lowest BCUT2D eigenvalue weighted by molar-refractivity contribution is -0.956. The van der Waals surface area contributed by atoms with Gasteiger partial charge in [0, 0.05) is 19.0 Å². The lowest BCUT2D eigenvalue weighted by Gasteiger charge is -2.51. The molecule has 158 valence electrons. The number of hydrogen-bond donors (Lipinski definition) is 4. The second-order valence-corrected chi connectivity index (χ2v) is 8.32. The molecule has 1 unspecified atom stereocenters. The van der Waals surface area contributed by atoms with Crippen LogP contribution >= 0.6 is 11.6 Å². The van der Waals surface area contributed by atoms with Crippen molar-refractivity contribution in [2.75, 3.05) is 31.1 Å². The fraction of sp³-hybridized carbons (Fsp3) is 0.421. The third-order valence-electron chi connectivity index (χ3n) is 5.96. The molecule has 0 aromatic carbocycles. The van der Waals surface area contributed by atoms with E-state index >= 15 is 0 Å². The number of nitrogens with one attached hydrogen (secondary N) is 1. The monoisotopic (exact) mass is 430 g/mol. The predicted molar refractivity (Wildman–Crippen MR) is 114 cm³/mol. The molecule has 10 nitrogen and oxygen atoms in total. The minimum atomic E-state index is -0.623. The van der Waals surface area contributed by atoms with Crippen LogP contribution in [0.5, 0.6) is 0 Å². The first-order valence-electron chi connectivity index (χ1n) is 9.83. The van der Waals surface area contributed by atoms with Crippen LogP contribution in [0.25, 0.3) is 0 Å². The second kappa shape index (κ2) is 8.04. The molecule has 1 atom stereocenters. The van der Waals surface area contributed by atoms with Crippen molar-refractivity contribution in [3.05, 3.63) is 40.9 Å². The summed E-state index contributed by atoms with van der Waals surface area (Å²) in [6.07, 6.45) is 3.98. The summed E-state index contributed by atoms with van der Waals surface area (Å²) >= 11 is 5.84. The van der Waals surface area contributed by atoms with Gasteiger partial charge in [0.15, 0.2) is 28.4 Å². The molecule has 11 heteroatoms. The van der Waals surface area contributed by atoms with Crippen LogP contribution < -0.4 is 22.5 Å². The van der Waals surface area contributed by atoms with Crippen molar-refractivity contribution in [3.8, 4) is 0 Å². The minimum Gasteiger partial charge on any atom is -0.382 e. The largest absolute Gasteiger partial charge is 0.382 e. The van der Waals surface area contributed by atoms with E-state index in [0.29, 0.717) is 5.92 Å². The third kappa shape index (κ3) is 4.14. The average molecular weight is 431 g/mol. The highest BCUT2D eigenvalue weighted by molar-refractivity contribution is 6.31. The Bertz CT molecular complexity index is 973. The molecule has 2 aromatic heterocycles. The summed E-state index contributed by atoms with van der Waals surface area (Å²) in [6, 6.07) is 6.03. The Hall–Kier alpha value is -2.98. The number of nitrogens with zero attached hydrogens (tertiary/aromatic N) is 5. The van der Waals surface area contributed by atoms with Crippen molar-refractivity contribution in [2.24, 2.45) is 16.6 Å². The number of hydrogen-bond acceptors (Lipinski definition) is 7. The molecule has 0 spiro atoms. The molecular formula is C19H25ClN9O+. The number of aliphatic imine (C=N–C) groups is 1. The van der Waals surface area contributed by atoms with Gasteiger partial charge < -0.3 is 21.7 Å². The van der Waals surface area contributed by atoms with Crippen molar-refractivity contribution in [2.45, 2.75) is 25.4 Å². The number of quaternary nitrogens is 1. The zero-order valence-electron chi connectivity index (χ0n) is 16.5. The number of nitrogen functional groups attached to an aromatic ring is 2. The molecule has 0 radical (unpaired) electrons. The maximum absolute atomic E-state index is 12.5. The first kappa shape index (κ1) is 20.3. The zero-order valence-corrected chi connectivity index (χ0v) is 17.2. The molecule has 5 heterocycles. The maximum Gasteiger partial charge on any atom is 0.280 e. The Morgan fingerprint density at radius 2 is 2.00 bits per heavy atom. The predicted octanol–water partition coefficient (Wildman–Crippen LogP) is 0.543. The number of aromatic nitrogens is 3. The second-order valence-electron chi connectivity index (χ2n) is 7.96. The quantitative estimate of drug-likeness (QED) is 0.313. The smallest absolute Gasteiger partial charge is 0.280 e. The number of amides is 1. The van der Waals surface area contributed by atoms with Crippen LogP contribution in [0.3, 0.4) is 0 Å². The topological polar surface area (TPSA) is 158 Å². The summed E-state index contributed by atoms with van der Waals surface area (Å²) in [5.41, 5.74) is 18.3. The zero-order chi connectivity index (χ0) is 21.3. The highest BCUT2D eigenvalue weighted by atomic mass is 35.5. The van der Waals surface area contributed by atoms with Crippen LogP contribution in [0, 0.1) is 5.92 Å². The molecule has 2 bridgehead atoms. The van der Waals surface area contributed by atoms with Gasteiger partial charge in [-0.3, -0.25) is 15.1 Å². The first-order chi connectivity index (χ1) is 14.3. The number of anilines is 2. The SMILES string of the molecule is NC(=NC1C[N+]2(Cc3ccccn3)CCC1CC2)NC(=O)c1nc(Cl)c(N)nc1N. The minimum absolute atomic E-state index is 0.0314. The number of fused-ring (bicyclic) bond motifs is 3. The highest BCUT2D eigenvalue weighted by Gasteiger charge is 2.46. The summed E-state index contributed by atoms with van der Waals surface area (Å²) in [5, 5.41) is 2.45. The number of guanidine groups is 1. The number of rotatable bonds is 4. The van der Waals surface area contributed by atoms with Crippen molar-refractivity contribution in [3.63, 3.8) is 0 Å². The summed E-state index contributed by atoms with van der Waals surface area (Å²) < 4.78 is 0.939. The number of carbonyl (C=O) groups excluding carboxylic acids is 1. The van der Waals surface area contributed by atoms with E-state index in [9.17, 15) is 4.79 Å². The molecule has 3 aliphatic heterocycles. The van der Waals surface area contributed by atoms with Crippen molar-refractivity contribution < 1.29 is 9.28 Å². The van der Waals surface area contributed by atoms with Crippen molar-refractivity contribution in [1.29, 1.82) is 0 Å². The van der Waals surface area contributed by atoms with Gasteiger partial charge in [0.25, 0.3) is 5.91 Å². The van der Waals surface area contributed by atoms with Crippen molar-refractivity contribution in [1.82, 2.24) is 20.3 Å². The van der Waals surface area contributed by atoms with Crippen LogP contribution in [0.15, 0.2) is 29.4 Å². The lowest BCUT2D eigenvalue weighted by atomic mass is 9.81. The molecular weight excluding hydrogens is 406 g/mol. The third-order valence-corrected chi connectivity index (χ3v) is 6.24. The van der Waals surface area contributed by atoms with Gasteiger partial charge in [-0.25, -0.2) is 15.0 Å². The van der Waals surface area contributed by atoms with E-state index in [2.05, 4.69) is 31.3 Å². The first-order valence-corrected chi connectivity index (χ1v) is 10.2. The van der Waals surface area contributed by atoms with Gasteiger partial charge in [0.1, 0.15) is 19.1 Å². The van der Waals surface area contributed by atoms with Gasteiger partial charge in [-0.05, 0) is 18.1 Å². The Balaban J connectivity index is 1.46. The molecule has 5 rings (SSSR count). The summed E-state index contributed by atoms with van der Waals surface area (Å²) in [7, 11) is 0. The lowest BCUT2D eigenvalue weighted by Crippen LogP contribution is -2.63. The standard InChI is InChI=1S/C19H24ClN9O/c20-15-17(22)27-16(21)14(26-15)18(30)28-19(23)25-13-10-29(7-4-11(13)5-8-29)9-12-3-1-2-6-24-12/h1-3,6,11,13H,4-5,7-10H2,(H6-,21,22,23,25,27,28,30)/p+1. The van der Waals surface area contributed by atoms with E-state index < -0.39 is 5.91 Å². The van der Waals surface area contributed by atoms with Gasteiger partial charge in [0.2, 0.25) is 0 Å². The number of carbonyl (C=O) groups is 1. The Morgan fingerprint density at radius 1 is 1.23 bits per heavy atom. The molecule has 1 amide bonds. The molecule has 3 fully saturated rings. The normalized spacial score (nSPS) is 25.8. The Labute approximate surface area is 179 Å². The summed E-state index contributed by atoms with van der Waals surface area (Å²) in [4.78, 5) is 29.3. The van der Waals surface area contributed by atoms with E-state index in [1.54, 1.807) is 0 Å². The summed E-state index contributed by atoms with van der Waals surface area (Å²) in [6.45, 7) is 3.96. The van der Waals surface area contributed by atoms with Gasteiger partial charge in [-0.15, -0.1) is 0 Å². The van der Waals surface area contributed by atoms with Crippen LogP contribution in [0.4, 0.5) is 11.6 Å². The Kier molecular flexibility index (Phi) is 5.44. The average Bonchev–Trinajstić information content (AvgIpc) is 2.71. The van der Waals surface area contributed by atoms with Crippen LogP contribution in [-0.4, -0.2) is 57.0 Å². The van der Waals surface area contributed by atoms with Crippen LogP contribution in [-0.2, 0) is 6.54 Å². The Morgan fingerprint density at radius 3 is 2.70 bits per heavy atom. The van der Waals surface area contributed by atoms with E-state index in [4.69, 9.17) is 28.8 Å². The molecule has 30 heavy (non-hydrogen) atoms. The van der Waals surface area contributed by atoms with Gasteiger partial charge in [-0.1, -0.05) is 17.7 Å². The molecule has 3 aliphatic rings. The fourth-order valence-electron chi connectivity index (χ4n) is 4.45. The van der Waals surface area contributed by atoms with Crippen LogP contribution in [0.1, 0.15) is 29.0 Å². The van der Waals surface area contributed by atoms with Gasteiger partial charge in [0.05, 0.1) is 18.8 Å². The van der Waals surface area contributed by atoms with E-state index in [1.165, 1.54) is 0 Å². The molecule has 0 aliphatic carbocycles. The molecule has 3 saturated heterocycles. The highest BCUT2D eigenvalue weighted by Crippen LogP contribution is 2.36. The molecule has 2 aromatic rings. The number of nitrogens with two attached hydrogens (primary N) is 3. The molecule has 0 saturated carbocycles. The van der Waals surface area contributed by atoms with Gasteiger partial charge >= 0.3 is 0 Å². The number of pyridine rings is 1. The number of piperidine rings is 3. The molecule has 7 N–H and O–H groups in total. The van der Waals surface area contributed by atoms with E-state index in [0.717, 1.165) is 49.2 Å². The number of halogens is 1. The van der Waals surface area contributed by atoms with Crippen molar-refractivity contribution >= 4 is 35.1 Å². The summed E-state index contributed by atoms with van der Waals surface area (Å²) in [5.74, 6) is -0.294.